The summed E-state index contributed by atoms with van der Waals surface area (Å²) in [6, 6.07) is 0. The van der Waals surface area contributed by atoms with Gasteiger partial charge in [-0.3, -0.25) is 14.6 Å². The highest BCUT2D eigenvalue weighted by atomic mass is 32.1. The zero-order valence-electron chi connectivity index (χ0n) is 10.8. The summed E-state index contributed by atoms with van der Waals surface area (Å²) in [7, 11) is 0. The number of aromatic nitrogens is 2. The van der Waals surface area contributed by atoms with Crippen LogP contribution in [0.1, 0.15) is 43.9 Å². The second-order valence-corrected chi connectivity index (χ2v) is 4.60. The van der Waals surface area contributed by atoms with E-state index in [0.717, 1.165) is 12.8 Å². The molecule has 1 rings (SSSR count). The number of carbonyl (C=O) groups is 1. The largest absolute Gasteiger partial charge is 0.465 e. The summed E-state index contributed by atoms with van der Waals surface area (Å²) in [4.78, 5) is 28.9. The van der Waals surface area contributed by atoms with Gasteiger partial charge < -0.3 is 9.72 Å². The predicted octanol–water partition coefficient (Wildman–Crippen LogP) is 2.19. The number of esters is 1. The standard InChI is InChI=1S/C12H18N2O3S/c1-4-5-6-17-11(16)7(2)9-8(3)13-12(18)14-10(9)15/h7H,4-6H2,1-3H3,(H2,13,14,15,18)/t7-/m0/s1. The molecule has 18 heavy (non-hydrogen) atoms. The summed E-state index contributed by atoms with van der Waals surface area (Å²) >= 11 is 4.86. The van der Waals surface area contributed by atoms with Gasteiger partial charge in [-0.2, -0.15) is 0 Å². The molecule has 0 amide bonds. The summed E-state index contributed by atoms with van der Waals surface area (Å²) in [6.45, 7) is 5.78. The van der Waals surface area contributed by atoms with E-state index in [1.54, 1.807) is 13.8 Å². The first-order valence-corrected chi connectivity index (χ1v) is 6.38. The molecule has 100 valence electrons. The molecule has 0 fully saturated rings. The molecule has 0 aliphatic carbocycles. The maximum atomic E-state index is 11.8. The molecule has 6 heteroatoms. The second kappa shape index (κ2) is 6.49. The van der Waals surface area contributed by atoms with Gasteiger partial charge in [0.15, 0.2) is 4.77 Å². The molecular formula is C12H18N2O3S. The van der Waals surface area contributed by atoms with Gasteiger partial charge in [0, 0.05) is 5.69 Å². The Kier molecular flexibility index (Phi) is 5.27. The van der Waals surface area contributed by atoms with Crippen LogP contribution in [0.5, 0.6) is 0 Å². The van der Waals surface area contributed by atoms with Crippen LogP contribution in [0, 0.1) is 11.7 Å². The highest BCUT2D eigenvalue weighted by Crippen LogP contribution is 2.15. The number of nitrogens with one attached hydrogen (secondary N) is 2. The van der Waals surface area contributed by atoms with Crippen molar-refractivity contribution < 1.29 is 9.53 Å². The van der Waals surface area contributed by atoms with Crippen LogP contribution in [0.2, 0.25) is 0 Å². The van der Waals surface area contributed by atoms with Crippen LogP contribution in [-0.2, 0) is 9.53 Å². The quantitative estimate of drug-likeness (QED) is 0.488. The molecule has 5 nitrogen and oxygen atoms in total. The number of carbonyl (C=O) groups excluding carboxylic acids is 1. The van der Waals surface area contributed by atoms with Gasteiger partial charge in [0.1, 0.15) is 0 Å². The third-order valence-electron chi connectivity index (χ3n) is 2.71. The van der Waals surface area contributed by atoms with E-state index in [1.165, 1.54) is 0 Å². The van der Waals surface area contributed by atoms with Crippen molar-refractivity contribution in [2.75, 3.05) is 6.61 Å². The number of hydrogen-bond acceptors (Lipinski definition) is 4. The van der Waals surface area contributed by atoms with Gasteiger partial charge in [-0.1, -0.05) is 13.3 Å². The number of H-pyrrole nitrogens is 2. The van der Waals surface area contributed by atoms with Crippen molar-refractivity contribution in [1.82, 2.24) is 9.97 Å². The normalized spacial score (nSPS) is 12.2. The minimum absolute atomic E-state index is 0.257. The van der Waals surface area contributed by atoms with Crippen LogP contribution < -0.4 is 5.56 Å². The Morgan fingerprint density at radius 2 is 2.11 bits per heavy atom. The second-order valence-electron chi connectivity index (χ2n) is 4.19. The summed E-state index contributed by atoms with van der Waals surface area (Å²) < 4.78 is 5.36. The van der Waals surface area contributed by atoms with E-state index < -0.39 is 5.92 Å². The molecule has 0 spiro atoms. The molecule has 0 aliphatic heterocycles. The average molecular weight is 270 g/mol. The smallest absolute Gasteiger partial charge is 0.313 e. The van der Waals surface area contributed by atoms with E-state index in [4.69, 9.17) is 17.0 Å². The van der Waals surface area contributed by atoms with E-state index in [0.29, 0.717) is 17.9 Å². The maximum Gasteiger partial charge on any atom is 0.313 e. The lowest BCUT2D eigenvalue weighted by Gasteiger charge is -2.12. The number of unbranched alkanes of at least 4 members (excludes halogenated alkanes) is 1. The molecule has 1 aromatic rings. The summed E-state index contributed by atoms with van der Waals surface area (Å²) in [5.74, 6) is -0.986. The average Bonchev–Trinajstić information content (AvgIpc) is 2.27. The van der Waals surface area contributed by atoms with E-state index >= 15 is 0 Å². The lowest BCUT2D eigenvalue weighted by molar-refractivity contribution is -0.145. The molecule has 0 aliphatic rings. The first kappa shape index (κ1) is 14.6. The first-order valence-electron chi connectivity index (χ1n) is 5.97. The zero-order valence-corrected chi connectivity index (χ0v) is 11.6. The van der Waals surface area contributed by atoms with Crippen molar-refractivity contribution in [2.45, 2.75) is 39.5 Å². The SMILES string of the molecule is CCCCOC(=O)[C@@H](C)c1c(C)[nH]c(=S)[nH]c1=O. The van der Waals surface area contributed by atoms with Crippen molar-refractivity contribution in [3.8, 4) is 0 Å². The van der Waals surface area contributed by atoms with Gasteiger partial charge >= 0.3 is 5.97 Å². The van der Waals surface area contributed by atoms with Crippen molar-refractivity contribution >= 4 is 18.2 Å². The lowest BCUT2D eigenvalue weighted by Crippen LogP contribution is -2.24. The molecule has 0 unspecified atom stereocenters. The van der Waals surface area contributed by atoms with Crippen LogP contribution in [0.15, 0.2) is 4.79 Å². The van der Waals surface area contributed by atoms with Gasteiger partial charge in [0.05, 0.1) is 18.1 Å². The van der Waals surface area contributed by atoms with E-state index in [1.807, 2.05) is 6.92 Å². The molecule has 0 saturated carbocycles. The van der Waals surface area contributed by atoms with Crippen molar-refractivity contribution in [3.05, 3.63) is 26.4 Å². The van der Waals surface area contributed by atoms with E-state index in [-0.39, 0.29) is 16.3 Å². The third-order valence-corrected chi connectivity index (χ3v) is 2.91. The fourth-order valence-electron chi connectivity index (χ4n) is 1.69. The van der Waals surface area contributed by atoms with Crippen LogP contribution in [-0.4, -0.2) is 22.5 Å². The van der Waals surface area contributed by atoms with Gasteiger partial charge in [0.2, 0.25) is 0 Å². The number of rotatable bonds is 5. The maximum absolute atomic E-state index is 11.8. The molecule has 2 N–H and O–H groups in total. The Balaban J connectivity index is 2.90. The molecule has 0 bridgehead atoms. The van der Waals surface area contributed by atoms with Gasteiger partial charge in [-0.15, -0.1) is 0 Å². The predicted molar refractivity (Wildman–Crippen MR) is 71.3 cm³/mol. The molecule has 1 atom stereocenters. The van der Waals surface area contributed by atoms with Crippen molar-refractivity contribution in [3.63, 3.8) is 0 Å². The molecule has 0 saturated heterocycles. The number of ether oxygens (including phenoxy) is 1. The Morgan fingerprint density at radius 3 is 2.67 bits per heavy atom. The number of aromatic amines is 2. The summed E-state index contributed by atoms with van der Waals surface area (Å²) in [5.41, 5.74) is 0.644. The van der Waals surface area contributed by atoms with Crippen LogP contribution in [0.25, 0.3) is 0 Å². The Morgan fingerprint density at radius 1 is 1.44 bits per heavy atom. The monoisotopic (exact) mass is 270 g/mol. The zero-order chi connectivity index (χ0) is 13.7. The van der Waals surface area contributed by atoms with E-state index in [9.17, 15) is 9.59 Å². The molecular weight excluding hydrogens is 252 g/mol. The topological polar surface area (TPSA) is 75.0 Å². The number of hydrogen-bond donors (Lipinski definition) is 2. The fraction of sp³-hybridized carbons (Fsp3) is 0.583. The lowest BCUT2D eigenvalue weighted by atomic mass is 10.0. The van der Waals surface area contributed by atoms with Crippen molar-refractivity contribution in [2.24, 2.45) is 0 Å². The van der Waals surface area contributed by atoms with Gasteiger partial charge in [0.25, 0.3) is 5.56 Å². The minimum Gasteiger partial charge on any atom is -0.465 e. The Hall–Kier alpha value is -1.43. The third kappa shape index (κ3) is 3.53. The van der Waals surface area contributed by atoms with Crippen LogP contribution in [0.3, 0.4) is 0 Å². The van der Waals surface area contributed by atoms with E-state index in [2.05, 4.69) is 9.97 Å². The van der Waals surface area contributed by atoms with Crippen molar-refractivity contribution in [1.29, 1.82) is 0 Å². The summed E-state index contributed by atoms with van der Waals surface area (Å²) in [5, 5.41) is 0. The summed E-state index contributed by atoms with van der Waals surface area (Å²) in [6.07, 6.45) is 1.78. The highest BCUT2D eigenvalue weighted by Gasteiger charge is 2.22. The Labute approximate surface area is 111 Å². The molecule has 0 aromatic carbocycles. The number of aryl methyl sites for hydroxylation is 1. The molecule has 1 heterocycles. The molecule has 1 aromatic heterocycles. The fourth-order valence-corrected chi connectivity index (χ4v) is 1.94. The first-order chi connectivity index (χ1) is 8.47. The minimum atomic E-state index is -0.600. The highest BCUT2D eigenvalue weighted by molar-refractivity contribution is 7.71. The Bertz CT molecular complexity index is 533. The molecule has 0 radical (unpaired) electrons. The van der Waals surface area contributed by atoms with Crippen LogP contribution in [0.4, 0.5) is 0 Å². The van der Waals surface area contributed by atoms with Gasteiger partial charge in [-0.25, -0.2) is 0 Å². The van der Waals surface area contributed by atoms with Gasteiger partial charge in [-0.05, 0) is 32.5 Å². The van der Waals surface area contributed by atoms with Crippen LogP contribution >= 0.6 is 12.2 Å².